The van der Waals surface area contributed by atoms with Crippen LogP contribution < -0.4 is 26.4 Å². The zero-order valence-electron chi connectivity index (χ0n) is 19.2. The summed E-state index contributed by atoms with van der Waals surface area (Å²) in [5.41, 5.74) is 14.6. The van der Waals surface area contributed by atoms with E-state index >= 15 is 4.39 Å². The van der Waals surface area contributed by atoms with Gasteiger partial charge >= 0.3 is 0 Å². The molecule has 4 heterocycles. The van der Waals surface area contributed by atoms with Crippen LogP contribution in [0.3, 0.4) is 0 Å². The van der Waals surface area contributed by atoms with Crippen molar-refractivity contribution in [1.82, 2.24) is 15.3 Å². The molecule has 2 aromatic heterocycles. The molecule has 1 amide bonds. The number of ether oxygens (including phenoxy) is 2. The summed E-state index contributed by atoms with van der Waals surface area (Å²) in [5, 5.41) is 12.7. The number of thiophene rings is 1. The number of nitrogen functional groups attached to an aromatic ring is 1. The van der Waals surface area contributed by atoms with Crippen molar-refractivity contribution in [2.24, 2.45) is 5.73 Å². The van der Waals surface area contributed by atoms with E-state index < -0.39 is 17.8 Å². The highest BCUT2D eigenvalue weighted by Crippen LogP contribution is 2.39. The largest absolute Gasteiger partial charge is 0.490 e. The highest BCUT2D eigenvalue weighted by Gasteiger charge is 2.35. The Bertz CT molecular complexity index is 1370. The third-order valence-electron chi connectivity index (χ3n) is 6.35. The Balaban J connectivity index is 1.38. The molecule has 10 nitrogen and oxygen atoms in total. The molecule has 12 heteroatoms. The van der Waals surface area contributed by atoms with Gasteiger partial charge in [0.2, 0.25) is 0 Å². The third-order valence-corrected chi connectivity index (χ3v) is 7.44. The smallest absolute Gasteiger partial charge is 0.263 e. The molecule has 2 aliphatic rings. The van der Waals surface area contributed by atoms with Crippen LogP contribution in [-0.2, 0) is 11.2 Å². The monoisotopic (exact) mass is 497 g/mol. The van der Waals surface area contributed by atoms with Crippen LogP contribution in [0.25, 0.3) is 10.3 Å². The van der Waals surface area contributed by atoms with Crippen LogP contribution >= 0.6 is 11.3 Å². The maximum absolute atomic E-state index is 15.2. The lowest BCUT2D eigenvalue weighted by atomic mass is 9.97. The fourth-order valence-electron chi connectivity index (χ4n) is 4.58. The number of methoxy groups -OCH3 is 1. The highest BCUT2D eigenvalue weighted by molar-refractivity contribution is 7.21. The molecule has 5 N–H and O–H groups in total. The minimum absolute atomic E-state index is 0.0803. The third kappa shape index (κ3) is 4.01. The van der Waals surface area contributed by atoms with E-state index in [0.29, 0.717) is 34.0 Å². The number of fused-ring (bicyclic) bond motifs is 2. The second-order valence-corrected chi connectivity index (χ2v) is 9.71. The summed E-state index contributed by atoms with van der Waals surface area (Å²) in [7, 11) is 1.57. The van der Waals surface area contributed by atoms with Gasteiger partial charge in [-0.05, 0) is 13.0 Å². The van der Waals surface area contributed by atoms with Gasteiger partial charge in [0.1, 0.15) is 45.0 Å². The van der Waals surface area contributed by atoms with Crippen molar-refractivity contribution in [3.05, 3.63) is 39.8 Å². The number of hydrogen-bond acceptors (Lipinski definition) is 10. The van der Waals surface area contributed by atoms with Gasteiger partial charge in [-0.2, -0.15) is 5.26 Å². The molecule has 3 aromatic rings. The SMILES string of the molecule is CO[C@H]1CN(c2cc(F)c3c(c2C#N)OC[C@H](NC(=O)c2sc4nc(C)cnc4c2N)C3)C[C@@H]1N. The molecule has 3 atom stereocenters. The van der Waals surface area contributed by atoms with E-state index in [1.165, 1.54) is 6.07 Å². The maximum atomic E-state index is 15.2. The number of nitrogens with zero attached hydrogens (tertiary/aromatic N) is 4. The first kappa shape index (κ1) is 23.2. The molecule has 1 aromatic carbocycles. The van der Waals surface area contributed by atoms with E-state index in [9.17, 15) is 10.1 Å². The lowest BCUT2D eigenvalue weighted by molar-refractivity contribution is 0.0919. The molecule has 0 bridgehead atoms. The van der Waals surface area contributed by atoms with E-state index in [1.54, 1.807) is 13.3 Å². The Morgan fingerprint density at radius 2 is 2.26 bits per heavy atom. The van der Waals surface area contributed by atoms with Crippen LogP contribution in [0, 0.1) is 24.1 Å². The van der Waals surface area contributed by atoms with E-state index in [1.807, 2.05) is 11.8 Å². The second kappa shape index (κ2) is 8.92. The number of amides is 1. The average Bonchev–Trinajstić information content (AvgIpc) is 3.38. The molecule has 0 spiro atoms. The van der Waals surface area contributed by atoms with Gasteiger partial charge in [-0.25, -0.2) is 14.4 Å². The van der Waals surface area contributed by atoms with Crippen molar-refractivity contribution in [2.75, 3.05) is 37.4 Å². The van der Waals surface area contributed by atoms with E-state index in [0.717, 1.165) is 17.0 Å². The minimum Gasteiger partial charge on any atom is -0.490 e. The van der Waals surface area contributed by atoms with Gasteiger partial charge in [-0.15, -0.1) is 11.3 Å². The number of anilines is 2. The van der Waals surface area contributed by atoms with E-state index in [4.69, 9.17) is 20.9 Å². The zero-order valence-corrected chi connectivity index (χ0v) is 20.0. The number of hydrogen-bond donors (Lipinski definition) is 3. The van der Waals surface area contributed by atoms with Gasteiger partial charge < -0.3 is 31.2 Å². The molecular formula is C23H24FN7O3S. The Kier molecular flexibility index (Phi) is 5.92. The zero-order chi connectivity index (χ0) is 24.9. The summed E-state index contributed by atoms with van der Waals surface area (Å²) in [6, 6.07) is 2.73. The summed E-state index contributed by atoms with van der Waals surface area (Å²) < 4.78 is 26.5. The van der Waals surface area contributed by atoms with Gasteiger partial charge in [0.25, 0.3) is 5.91 Å². The molecule has 1 saturated heterocycles. The number of halogens is 1. The summed E-state index contributed by atoms with van der Waals surface area (Å²) in [5.74, 6) is -0.712. The molecule has 0 aliphatic carbocycles. The standard InChI is InChI=1S/C23H24FN7O3S/c1-10-6-28-19-18(27)21(35-23(19)29-10)22(32)30-11-3-12-14(24)4-16(13(5-25)20(12)34-9-11)31-7-15(26)17(8-31)33-2/h4,6,11,15,17H,3,7-9,26-27H2,1-2H3,(H,30,32)/t11-,15+,17+/m1/s1. The summed E-state index contributed by atoms with van der Waals surface area (Å²) in [6.07, 6.45) is 1.55. The summed E-state index contributed by atoms with van der Waals surface area (Å²) in [6.45, 7) is 2.77. The number of aryl methyl sites for hydroxylation is 1. The van der Waals surface area contributed by atoms with Gasteiger partial charge in [0.05, 0.1) is 35.3 Å². The fraction of sp³-hybridized carbons (Fsp3) is 0.391. The molecule has 0 radical (unpaired) electrons. The Morgan fingerprint density at radius 1 is 1.46 bits per heavy atom. The first-order valence-electron chi connectivity index (χ1n) is 11.0. The first-order chi connectivity index (χ1) is 16.8. The molecule has 2 aliphatic heterocycles. The Morgan fingerprint density at radius 3 is 2.97 bits per heavy atom. The highest BCUT2D eigenvalue weighted by atomic mass is 32.1. The first-order valence-corrected chi connectivity index (χ1v) is 11.9. The molecular weight excluding hydrogens is 473 g/mol. The van der Waals surface area contributed by atoms with Crippen molar-refractivity contribution in [3.8, 4) is 11.8 Å². The topological polar surface area (TPSA) is 152 Å². The van der Waals surface area contributed by atoms with Gasteiger partial charge in [0.15, 0.2) is 0 Å². The minimum atomic E-state index is -0.507. The number of nitrogens with one attached hydrogen (secondary N) is 1. The van der Waals surface area contributed by atoms with Crippen LogP contribution in [0.15, 0.2) is 12.3 Å². The van der Waals surface area contributed by atoms with Crippen LogP contribution in [0.1, 0.15) is 26.5 Å². The van der Waals surface area contributed by atoms with Gasteiger partial charge in [-0.1, -0.05) is 0 Å². The number of benzene rings is 1. The Labute approximate surface area is 204 Å². The van der Waals surface area contributed by atoms with Crippen molar-refractivity contribution in [1.29, 1.82) is 5.26 Å². The van der Waals surface area contributed by atoms with Crippen molar-refractivity contribution in [2.45, 2.75) is 31.5 Å². The number of rotatable bonds is 4. The predicted octanol–water partition coefficient (Wildman–Crippen LogP) is 1.49. The number of carbonyl (C=O) groups is 1. The second-order valence-electron chi connectivity index (χ2n) is 8.71. The molecule has 0 unspecified atom stereocenters. The Hall–Kier alpha value is -3.53. The van der Waals surface area contributed by atoms with Crippen molar-refractivity contribution >= 4 is 39.0 Å². The number of nitriles is 1. The lowest BCUT2D eigenvalue weighted by Crippen LogP contribution is -2.43. The summed E-state index contributed by atoms with van der Waals surface area (Å²) in [4.78, 5) is 24.3. The molecule has 1 fully saturated rings. The predicted molar refractivity (Wildman–Crippen MR) is 129 cm³/mol. The maximum Gasteiger partial charge on any atom is 0.263 e. The average molecular weight is 498 g/mol. The molecule has 35 heavy (non-hydrogen) atoms. The van der Waals surface area contributed by atoms with Crippen molar-refractivity contribution < 1.29 is 18.7 Å². The summed E-state index contributed by atoms with van der Waals surface area (Å²) >= 11 is 1.15. The van der Waals surface area contributed by atoms with Crippen molar-refractivity contribution in [3.63, 3.8) is 0 Å². The number of nitrogens with two attached hydrogens (primary N) is 2. The lowest BCUT2D eigenvalue weighted by Gasteiger charge is -2.29. The van der Waals surface area contributed by atoms with Gasteiger partial charge in [0, 0.05) is 38.4 Å². The van der Waals surface area contributed by atoms with E-state index in [2.05, 4.69) is 21.4 Å². The van der Waals surface area contributed by atoms with Crippen LogP contribution in [0.2, 0.25) is 0 Å². The van der Waals surface area contributed by atoms with Crippen LogP contribution in [0.5, 0.6) is 5.75 Å². The molecule has 182 valence electrons. The van der Waals surface area contributed by atoms with Gasteiger partial charge in [-0.3, -0.25) is 4.79 Å². The van der Waals surface area contributed by atoms with Crippen LogP contribution in [-0.4, -0.2) is 60.9 Å². The molecule has 5 rings (SSSR count). The normalized spacial score (nSPS) is 21.5. The number of carbonyl (C=O) groups excluding carboxylic acids is 1. The van der Waals surface area contributed by atoms with Crippen LogP contribution in [0.4, 0.5) is 15.8 Å². The van der Waals surface area contributed by atoms with E-state index in [-0.39, 0.29) is 47.7 Å². The quantitative estimate of drug-likeness (QED) is 0.487. The fourth-order valence-corrected chi connectivity index (χ4v) is 5.58. The number of aromatic nitrogens is 2. The molecule has 0 saturated carbocycles.